The predicted octanol–water partition coefficient (Wildman–Crippen LogP) is 1.76. The van der Waals surface area contributed by atoms with Crippen molar-refractivity contribution in [2.24, 2.45) is 5.73 Å². The summed E-state index contributed by atoms with van der Waals surface area (Å²) in [7, 11) is 0. The van der Waals surface area contributed by atoms with Gasteiger partial charge in [0.05, 0.1) is 13.0 Å². The number of carbonyl (C=O) groups is 1. The van der Waals surface area contributed by atoms with Crippen molar-refractivity contribution < 1.29 is 9.53 Å². The second-order valence-electron chi connectivity index (χ2n) is 3.89. The van der Waals surface area contributed by atoms with Gasteiger partial charge in [-0.05, 0) is 38.1 Å². The van der Waals surface area contributed by atoms with Crippen molar-refractivity contribution >= 4 is 11.6 Å². The maximum absolute atomic E-state index is 10.5. The fraction of sp³-hybridized carbons (Fsp3) is 0.417. The van der Waals surface area contributed by atoms with Crippen LogP contribution in [0.3, 0.4) is 0 Å². The van der Waals surface area contributed by atoms with Crippen LogP contribution in [0.4, 0.5) is 5.69 Å². The van der Waals surface area contributed by atoms with E-state index in [4.69, 9.17) is 10.5 Å². The minimum absolute atomic E-state index is 0.242. The molecule has 1 aromatic rings. The van der Waals surface area contributed by atoms with Gasteiger partial charge in [-0.1, -0.05) is 0 Å². The number of ether oxygens (including phenoxy) is 1. The van der Waals surface area contributed by atoms with Crippen molar-refractivity contribution in [3.8, 4) is 5.75 Å². The number of hydrogen-bond donors (Lipinski definition) is 2. The van der Waals surface area contributed by atoms with Crippen LogP contribution in [0, 0.1) is 0 Å². The molecule has 16 heavy (non-hydrogen) atoms. The average Bonchev–Trinajstić information content (AvgIpc) is 2.19. The Morgan fingerprint density at radius 1 is 1.38 bits per heavy atom. The summed E-state index contributed by atoms with van der Waals surface area (Å²) in [5.74, 6) is 0.397. The third-order valence-corrected chi connectivity index (χ3v) is 1.93. The fourth-order valence-electron chi connectivity index (χ4n) is 1.25. The van der Waals surface area contributed by atoms with Gasteiger partial charge in [0.2, 0.25) is 5.91 Å². The minimum Gasteiger partial charge on any atom is -0.493 e. The zero-order chi connectivity index (χ0) is 12.0. The second kappa shape index (κ2) is 6.00. The first-order valence-electron chi connectivity index (χ1n) is 5.35. The fourth-order valence-corrected chi connectivity index (χ4v) is 1.25. The molecule has 4 heteroatoms. The Bertz CT molecular complexity index is 333. The Hall–Kier alpha value is -1.71. The van der Waals surface area contributed by atoms with Gasteiger partial charge in [0, 0.05) is 11.7 Å². The summed E-state index contributed by atoms with van der Waals surface area (Å²) in [6, 6.07) is 8.03. The van der Waals surface area contributed by atoms with E-state index in [2.05, 4.69) is 19.2 Å². The molecule has 4 nitrogen and oxygen atoms in total. The number of amides is 1. The number of nitrogens with two attached hydrogens (primary N) is 1. The Kier molecular flexibility index (Phi) is 4.64. The number of benzene rings is 1. The highest BCUT2D eigenvalue weighted by atomic mass is 16.5. The first-order valence-corrected chi connectivity index (χ1v) is 5.35. The molecule has 0 spiro atoms. The Morgan fingerprint density at radius 3 is 2.50 bits per heavy atom. The van der Waals surface area contributed by atoms with Gasteiger partial charge < -0.3 is 15.8 Å². The molecule has 0 atom stereocenters. The number of rotatable bonds is 6. The van der Waals surface area contributed by atoms with Crippen LogP contribution in [0.1, 0.15) is 20.3 Å². The number of carbonyl (C=O) groups excluding carboxylic acids is 1. The monoisotopic (exact) mass is 222 g/mol. The summed E-state index contributed by atoms with van der Waals surface area (Å²) in [4.78, 5) is 10.5. The molecule has 0 radical (unpaired) electrons. The highest BCUT2D eigenvalue weighted by molar-refractivity contribution is 5.73. The van der Waals surface area contributed by atoms with Crippen molar-refractivity contribution in [3.63, 3.8) is 0 Å². The van der Waals surface area contributed by atoms with Crippen molar-refractivity contribution in [2.45, 2.75) is 26.3 Å². The molecule has 0 fully saturated rings. The molecule has 0 unspecified atom stereocenters. The molecule has 88 valence electrons. The molecule has 0 saturated carbocycles. The lowest BCUT2D eigenvalue weighted by molar-refractivity contribution is -0.118. The lowest BCUT2D eigenvalue weighted by Gasteiger charge is -2.10. The van der Waals surface area contributed by atoms with Crippen molar-refractivity contribution in [1.82, 2.24) is 0 Å². The summed E-state index contributed by atoms with van der Waals surface area (Å²) in [6.07, 6.45) is 0.242. The molecular weight excluding hydrogens is 204 g/mol. The Balaban J connectivity index is 2.42. The van der Waals surface area contributed by atoms with Crippen LogP contribution >= 0.6 is 0 Å². The van der Waals surface area contributed by atoms with Crippen molar-refractivity contribution in [3.05, 3.63) is 24.3 Å². The van der Waals surface area contributed by atoms with E-state index in [1.54, 1.807) is 0 Å². The maximum Gasteiger partial charge on any atom is 0.220 e. The topological polar surface area (TPSA) is 64.3 Å². The highest BCUT2D eigenvalue weighted by Crippen LogP contribution is 2.16. The molecule has 0 aromatic heterocycles. The molecule has 0 saturated heterocycles. The van der Waals surface area contributed by atoms with E-state index >= 15 is 0 Å². The van der Waals surface area contributed by atoms with E-state index in [9.17, 15) is 4.79 Å². The van der Waals surface area contributed by atoms with Gasteiger partial charge in [-0.2, -0.15) is 0 Å². The molecule has 1 amide bonds. The van der Waals surface area contributed by atoms with Crippen LogP contribution in [-0.4, -0.2) is 18.6 Å². The lowest BCUT2D eigenvalue weighted by atomic mass is 10.2. The highest BCUT2D eigenvalue weighted by Gasteiger charge is 1.98. The molecule has 1 rings (SSSR count). The number of primary amides is 1. The van der Waals surface area contributed by atoms with E-state index in [1.807, 2.05) is 24.3 Å². The van der Waals surface area contributed by atoms with Crippen LogP contribution in [0.2, 0.25) is 0 Å². The summed E-state index contributed by atoms with van der Waals surface area (Å²) in [5, 5.41) is 3.28. The van der Waals surface area contributed by atoms with Crippen LogP contribution < -0.4 is 15.8 Å². The van der Waals surface area contributed by atoms with E-state index in [0.717, 1.165) is 11.4 Å². The Labute approximate surface area is 95.8 Å². The van der Waals surface area contributed by atoms with Crippen LogP contribution in [0.15, 0.2) is 24.3 Å². The smallest absolute Gasteiger partial charge is 0.220 e. The number of anilines is 1. The summed E-state index contributed by atoms with van der Waals surface area (Å²) in [6.45, 7) is 4.49. The van der Waals surface area contributed by atoms with E-state index in [1.165, 1.54) is 0 Å². The van der Waals surface area contributed by atoms with Crippen LogP contribution in [0.25, 0.3) is 0 Å². The van der Waals surface area contributed by atoms with Crippen molar-refractivity contribution in [1.29, 1.82) is 0 Å². The second-order valence-corrected chi connectivity index (χ2v) is 3.89. The van der Waals surface area contributed by atoms with Gasteiger partial charge in [0.25, 0.3) is 0 Å². The largest absolute Gasteiger partial charge is 0.493 e. The van der Waals surface area contributed by atoms with Gasteiger partial charge in [-0.25, -0.2) is 0 Å². The third kappa shape index (κ3) is 4.68. The Morgan fingerprint density at radius 2 is 2.00 bits per heavy atom. The standard InChI is InChI=1S/C12H18N2O2/c1-9(2)14-10-3-5-11(6-4-10)16-8-7-12(13)15/h3-6,9,14H,7-8H2,1-2H3,(H2,13,15). The van der Waals surface area contributed by atoms with Crippen LogP contribution in [0.5, 0.6) is 5.75 Å². The molecule has 3 N–H and O–H groups in total. The summed E-state index contributed by atoms with van der Waals surface area (Å²) < 4.78 is 5.35. The molecular formula is C12H18N2O2. The molecule has 0 aliphatic heterocycles. The third-order valence-electron chi connectivity index (χ3n) is 1.93. The molecule has 1 aromatic carbocycles. The maximum atomic E-state index is 10.5. The normalized spacial score (nSPS) is 10.2. The average molecular weight is 222 g/mol. The molecule has 0 heterocycles. The van der Waals surface area contributed by atoms with Gasteiger partial charge in [0.1, 0.15) is 5.75 Å². The van der Waals surface area contributed by atoms with Gasteiger partial charge in [-0.15, -0.1) is 0 Å². The summed E-state index contributed by atoms with van der Waals surface area (Å²) >= 11 is 0. The minimum atomic E-state index is -0.349. The zero-order valence-electron chi connectivity index (χ0n) is 9.69. The van der Waals surface area contributed by atoms with Gasteiger partial charge in [0.15, 0.2) is 0 Å². The number of hydrogen-bond acceptors (Lipinski definition) is 3. The first-order chi connectivity index (χ1) is 7.58. The quantitative estimate of drug-likeness (QED) is 0.770. The van der Waals surface area contributed by atoms with Gasteiger partial charge in [-0.3, -0.25) is 4.79 Å². The van der Waals surface area contributed by atoms with Crippen molar-refractivity contribution in [2.75, 3.05) is 11.9 Å². The molecule has 0 bridgehead atoms. The van der Waals surface area contributed by atoms with E-state index < -0.39 is 0 Å². The summed E-state index contributed by atoms with van der Waals surface area (Å²) in [5.41, 5.74) is 6.06. The van der Waals surface area contributed by atoms with Crippen LogP contribution in [-0.2, 0) is 4.79 Å². The molecule has 0 aliphatic rings. The SMILES string of the molecule is CC(C)Nc1ccc(OCCC(N)=O)cc1. The van der Waals surface area contributed by atoms with Gasteiger partial charge >= 0.3 is 0 Å². The number of nitrogens with one attached hydrogen (secondary N) is 1. The molecule has 0 aliphatic carbocycles. The zero-order valence-corrected chi connectivity index (χ0v) is 9.69. The first kappa shape index (κ1) is 12.4. The van der Waals surface area contributed by atoms with E-state index in [-0.39, 0.29) is 12.3 Å². The predicted molar refractivity (Wildman–Crippen MR) is 64.5 cm³/mol. The lowest BCUT2D eigenvalue weighted by Crippen LogP contribution is -2.14. The van der Waals surface area contributed by atoms with E-state index in [0.29, 0.717) is 12.6 Å².